The maximum Gasteiger partial charge on any atom is 0.258 e. The molecule has 112 valence electrons. The Hall–Kier alpha value is -1.95. The van der Waals surface area contributed by atoms with E-state index in [-0.39, 0.29) is 5.56 Å². The Kier molecular flexibility index (Phi) is 3.63. The van der Waals surface area contributed by atoms with Crippen molar-refractivity contribution < 1.29 is 4.39 Å². The Balaban J connectivity index is 1.86. The minimum atomic E-state index is -1.17. The monoisotopic (exact) mass is 290 g/mol. The molecule has 0 spiro atoms. The Bertz CT molecular complexity index is 693. The zero-order valence-corrected chi connectivity index (χ0v) is 12.0. The number of alkyl halides is 1. The average Bonchev–Trinajstić information content (AvgIpc) is 2.47. The van der Waals surface area contributed by atoms with Gasteiger partial charge in [0, 0.05) is 12.7 Å². The number of fused-ring (bicyclic) bond motifs is 1. The molecule has 0 aliphatic carbocycles. The van der Waals surface area contributed by atoms with Crippen molar-refractivity contribution in [3.63, 3.8) is 0 Å². The van der Waals surface area contributed by atoms with E-state index in [0.717, 1.165) is 5.69 Å². The molecular weight excluding hydrogens is 271 g/mol. The number of hydrogen-bond acceptors (Lipinski definition) is 4. The van der Waals surface area contributed by atoms with Gasteiger partial charge in [0.25, 0.3) is 5.56 Å². The summed E-state index contributed by atoms with van der Waals surface area (Å²) >= 11 is 0. The van der Waals surface area contributed by atoms with E-state index in [2.05, 4.69) is 15.3 Å². The maximum absolute atomic E-state index is 14.7. The van der Waals surface area contributed by atoms with Gasteiger partial charge >= 0.3 is 0 Å². The summed E-state index contributed by atoms with van der Waals surface area (Å²) in [4.78, 5) is 20.4. The van der Waals surface area contributed by atoms with Gasteiger partial charge in [-0.1, -0.05) is 0 Å². The number of nitrogens with one attached hydrogen (secondary N) is 2. The number of hydrogen-bond donors (Lipinski definition) is 2. The predicted octanol–water partition coefficient (Wildman–Crippen LogP) is 1.45. The molecule has 1 aromatic carbocycles. The highest BCUT2D eigenvalue weighted by molar-refractivity contribution is 5.81. The van der Waals surface area contributed by atoms with Crippen molar-refractivity contribution >= 4 is 16.6 Å². The third-order valence-corrected chi connectivity index (χ3v) is 4.08. The van der Waals surface area contributed by atoms with Crippen LogP contribution in [0.1, 0.15) is 12.8 Å². The number of halogens is 1. The second kappa shape index (κ2) is 5.44. The van der Waals surface area contributed by atoms with E-state index < -0.39 is 5.67 Å². The highest BCUT2D eigenvalue weighted by Gasteiger charge is 2.33. The van der Waals surface area contributed by atoms with E-state index >= 15 is 0 Å². The van der Waals surface area contributed by atoms with E-state index in [1.807, 2.05) is 18.0 Å². The summed E-state index contributed by atoms with van der Waals surface area (Å²) in [7, 11) is 1.86. The summed E-state index contributed by atoms with van der Waals surface area (Å²) in [6, 6.07) is 5.44. The summed E-state index contributed by atoms with van der Waals surface area (Å²) in [5.74, 6) is 0. The van der Waals surface area contributed by atoms with Crippen molar-refractivity contribution in [1.82, 2.24) is 15.3 Å². The molecule has 0 atom stereocenters. The van der Waals surface area contributed by atoms with E-state index in [9.17, 15) is 9.18 Å². The number of aromatic amines is 1. The molecule has 1 aromatic heterocycles. The third-order valence-electron chi connectivity index (χ3n) is 4.08. The van der Waals surface area contributed by atoms with Gasteiger partial charge in [-0.3, -0.25) is 4.79 Å². The Morgan fingerprint density at radius 3 is 2.90 bits per heavy atom. The first kappa shape index (κ1) is 14.0. The van der Waals surface area contributed by atoms with Crippen LogP contribution in [0.15, 0.2) is 29.3 Å². The summed E-state index contributed by atoms with van der Waals surface area (Å²) in [6.45, 7) is 1.76. The van der Waals surface area contributed by atoms with Gasteiger partial charge in [-0.05, 0) is 44.1 Å². The van der Waals surface area contributed by atoms with Crippen LogP contribution < -0.4 is 15.8 Å². The molecule has 1 fully saturated rings. The maximum atomic E-state index is 14.7. The number of H-pyrrole nitrogens is 1. The lowest BCUT2D eigenvalue weighted by Crippen LogP contribution is -2.46. The fourth-order valence-electron chi connectivity index (χ4n) is 2.84. The van der Waals surface area contributed by atoms with Crippen molar-refractivity contribution in [2.75, 3.05) is 31.6 Å². The summed E-state index contributed by atoms with van der Waals surface area (Å²) < 4.78 is 14.7. The second-order valence-corrected chi connectivity index (χ2v) is 5.69. The zero-order valence-electron chi connectivity index (χ0n) is 12.0. The van der Waals surface area contributed by atoms with Crippen LogP contribution in [0.3, 0.4) is 0 Å². The molecule has 1 aliphatic heterocycles. The van der Waals surface area contributed by atoms with Crippen LogP contribution >= 0.6 is 0 Å². The largest absolute Gasteiger partial charge is 0.371 e. The van der Waals surface area contributed by atoms with Crippen LogP contribution in [0, 0.1) is 0 Å². The number of anilines is 1. The van der Waals surface area contributed by atoms with Crippen molar-refractivity contribution in [3.8, 4) is 0 Å². The number of aromatic nitrogens is 2. The average molecular weight is 290 g/mol. The lowest BCUT2D eigenvalue weighted by atomic mass is 9.94. The van der Waals surface area contributed by atoms with E-state index in [1.165, 1.54) is 6.33 Å². The van der Waals surface area contributed by atoms with Gasteiger partial charge in [0.15, 0.2) is 0 Å². The number of benzene rings is 1. The van der Waals surface area contributed by atoms with E-state index in [0.29, 0.717) is 43.4 Å². The van der Waals surface area contributed by atoms with Crippen LogP contribution in [-0.2, 0) is 0 Å². The molecule has 2 heterocycles. The number of piperidine rings is 1. The van der Waals surface area contributed by atoms with E-state index in [1.54, 1.807) is 12.1 Å². The first-order chi connectivity index (χ1) is 10.1. The first-order valence-electron chi connectivity index (χ1n) is 7.16. The van der Waals surface area contributed by atoms with Gasteiger partial charge in [0.05, 0.1) is 23.8 Å². The highest BCUT2D eigenvalue weighted by atomic mass is 19.1. The zero-order chi connectivity index (χ0) is 14.9. The lowest BCUT2D eigenvalue weighted by Gasteiger charge is -2.34. The molecule has 0 bridgehead atoms. The lowest BCUT2D eigenvalue weighted by molar-refractivity contribution is 0.124. The number of nitrogens with zero attached hydrogens (tertiary/aromatic N) is 2. The Morgan fingerprint density at radius 1 is 1.38 bits per heavy atom. The first-order valence-corrected chi connectivity index (χ1v) is 7.16. The molecule has 1 saturated heterocycles. The van der Waals surface area contributed by atoms with Gasteiger partial charge in [-0.15, -0.1) is 0 Å². The summed E-state index contributed by atoms with van der Waals surface area (Å²) in [5.41, 5.74) is 0.132. The van der Waals surface area contributed by atoms with Crippen molar-refractivity contribution in [1.29, 1.82) is 0 Å². The molecule has 21 heavy (non-hydrogen) atoms. The number of rotatable bonds is 3. The minimum Gasteiger partial charge on any atom is -0.371 e. The van der Waals surface area contributed by atoms with Gasteiger partial charge < -0.3 is 15.2 Å². The third kappa shape index (κ3) is 2.90. The van der Waals surface area contributed by atoms with Crippen LogP contribution in [-0.4, -0.2) is 42.3 Å². The standard InChI is InChI=1S/C15H19FN4O/c1-20(9-15(16)4-6-17-7-5-15)11-2-3-13-12(8-11)14(21)19-10-18-13/h2-3,8,10,17H,4-7,9H2,1H3,(H,18,19,21). The Morgan fingerprint density at radius 2 is 2.14 bits per heavy atom. The van der Waals surface area contributed by atoms with Crippen molar-refractivity contribution in [2.24, 2.45) is 0 Å². The smallest absolute Gasteiger partial charge is 0.258 e. The molecular formula is C15H19FN4O. The fourth-order valence-corrected chi connectivity index (χ4v) is 2.84. The molecule has 3 rings (SSSR count). The summed E-state index contributed by atoms with van der Waals surface area (Å²) in [5, 5.41) is 3.70. The summed E-state index contributed by atoms with van der Waals surface area (Å²) in [6.07, 6.45) is 2.43. The quantitative estimate of drug-likeness (QED) is 0.898. The molecule has 0 unspecified atom stereocenters. The highest BCUT2D eigenvalue weighted by Crippen LogP contribution is 2.27. The second-order valence-electron chi connectivity index (χ2n) is 5.69. The van der Waals surface area contributed by atoms with Crippen LogP contribution in [0.2, 0.25) is 0 Å². The molecule has 2 aromatic rings. The normalized spacial score (nSPS) is 17.8. The molecule has 0 saturated carbocycles. The predicted molar refractivity (Wildman–Crippen MR) is 81.6 cm³/mol. The molecule has 1 aliphatic rings. The fraction of sp³-hybridized carbons (Fsp3) is 0.467. The van der Waals surface area contributed by atoms with Gasteiger partial charge in [0.2, 0.25) is 0 Å². The van der Waals surface area contributed by atoms with Crippen molar-refractivity contribution in [2.45, 2.75) is 18.5 Å². The molecule has 5 nitrogen and oxygen atoms in total. The van der Waals surface area contributed by atoms with Crippen LogP contribution in [0.25, 0.3) is 10.9 Å². The van der Waals surface area contributed by atoms with Crippen LogP contribution in [0.5, 0.6) is 0 Å². The van der Waals surface area contributed by atoms with Crippen molar-refractivity contribution in [3.05, 3.63) is 34.9 Å². The minimum absolute atomic E-state index is 0.174. The molecule has 2 N–H and O–H groups in total. The van der Waals surface area contributed by atoms with Crippen LogP contribution in [0.4, 0.5) is 10.1 Å². The molecule has 6 heteroatoms. The van der Waals surface area contributed by atoms with E-state index in [4.69, 9.17) is 0 Å². The molecule has 0 radical (unpaired) electrons. The Labute approximate surface area is 122 Å². The van der Waals surface area contributed by atoms with Gasteiger partial charge in [-0.25, -0.2) is 9.37 Å². The van der Waals surface area contributed by atoms with Gasteiger partial charge in [-0.2, -0.15) is 0 Å². The topological polar surface area (TPSA) is 61.0 Å². The SMILES string of the molecule is CN(CC1(F)CCNCC1)c1ccc2nc[nH]c(=O)c2c1. The molecule has 0 amide bonds. The van der Waals surface area contributed by atoms with Gasteiger partial charge in [0.1, 0.15) is 5.67 Å².